The number of fused-ring (bicyclic) bond motifs is 2. The van der Waals surface area contributed by atoms with Crippen molar-refractivity contribution in [2.75, 3.05) is 19.0 Å². The lowest BCUT2D eigenvalue weighted by Gasteiger charge is -2.14. The molecule has 0 saturated carbocycles. The van der Waals surface area contributed by atoms with Gasteiger partial charge in [0.1, 0.15) is 5.69 Å². The fourth-order valence-electron chi connectivity index (χ4n) is 4.86. The monoisotopic (exact) mass is 477 g/mol. The summed E-state index contributed by atoms with van der Waals surface area (Å²) in [6.07, 6.45) is 3.61. The van der Waals surface area contributed by atoms with Crippen LogP contribution in [0.4, 0.5) is 5.69 Å². The van der Waals surface area contributed by atoms with Crippen molar-refractivity contribution in [3.8, 4) is 28.3 Å². The van der Waals surface area contributed by atoms with Crippen LogP contribution in [0.25, 0.3) is 50.4 Å². The van der Waals surface area contributed by atoms with Gasteiger partial charge in [0.05, 0.1) is 34.6 Å². The highest BCUT2D eigenvalue weighted by molar-refractivity contribution is 5.88. The van der Waals surface area contributed by atoms with Gasteiger partial charge in [-0.2, -0.15) is 0 Å². The first-order valence-corrected chi connectivity index (χ1v) is 11.8. The third kappa shape index (κ3) is 3.25. The number of aryl methyl sites for hydroxylation is 3. The van der Waals surface area contributed by atoms with E-state index in [-0.39, 0.29) is 5.69 Å². The summed E-state index contributed by atoms with van der Waals surface area (Å²) in [5.41, 5.74) is 8.82. The maximum absolute atomic E-state index is 12.5. The van der Waals surface area contributed by atoms with Crippen molar-refractivity contribution in [3.63, 3.8) is 0 Å². The van der Waals surface area contributed by atoms with Gasteiger partial charge in [-0.3, -0.25) is 13.7 Å². The lowest BCUT2D eigenvalue weighted by atomic mass is 10.0. The van der Waals surface area contributed by atoms with Gasteiger partial charge in [0.15, 0.2) is 5.82 Å². The van der Waals surface area contributed by atoms with Crippen molar-refractivity contribution in [2.45, 2.75) is 0 Å². The normalized spacial score (nSPS) is 11.6. The maximum Gasteiger partial charge on any atom is 0.328 e. The SMILES string of the molecule is CN(C)c1cccc(-c2ccc3c(c2)nc(-c2cncn2C)n3-c2ccc3c(c2)n(C)c(=O)n3C)c1. The van der Waals surface area contributed by atoms with Crippen LogP contribution in [0.1, 0.15) is 0 Å². The second kappa shape index (κ2) is 7.98. The standard InChI is InChI=1S/C28H27N7O/c1-31(2)20-8-6-7-18(13-20)19-9-11-23-22(14-19)30-27(26-16-29-17-32(26)3)35(23)21-10-12-24-25(15-21)34(5)28(36)33(24)4/h6-17H,1-5H3. The van der Waals surface area contributed by atoms with Gasteiger partial charge in [-0.1, -0.05) is 18.2 Å². The van der Waals surface area contributed by atoms with Crippen LogP contribution in [0.2, 0.25) is 0 Å². The molecular weight excluding hydrogens is 450 g/mol. The lowest BCUT2D eigenvalue weighted by molar-refractivity contribution is 0.795. The molecule has 8 heteroatoms. The molecule has 0 unspecified atom stereocenters. The van der Waals surface area contributed by atoms with Crippen LogP contribution >= 0.6 is 0 Å². The molecule has 0 amide bonds. The van der Waals surface area contributed by atoms with E-state index in [9.17, 15) is 4.79 Å². The molecule has 0 saturated heterocycles. The van der Waals surface area contributed by atoms with Gasteiger partial charge in [-0.05, 0) is 53.6 Å². The summed E-state index contributed by atoms with van der Waals surface area (Å²) in [5, 5.41) is 0. The Kier molecular flexibility index (Phi) is 4.86. The highest BCUT2D eigenvalue weighted by Crippen LogP contribution is 2.33. The Hall–Kier alpha value is -4.59. The number of benzene rings is 3. The van der Waals surface area contributed by atoms with Crippen LogP contribution in [0, 0.1) is 0 Å². The summed E-state index contributed by atoms with van der Waals surface area (Å²) in [7, 11) is 9.66. The first-order chi connectivity index (χ1) is 17.3. The smallest absolute Gasteiger partial charge is 0.328 e. The average Bonchev–Trinajstić information content (AvgIpc) is 3.54. The number of imidazole rings is 3. The summed E-state index contributed by atoms with van der Waals surface area (Å²) in [6, 6.07) is 21.0. The van der Waals surface area contributed by atoms with E-state index in [0.717, 1.165) is 56.1 Å². The molecule has 0 spiro atoms. The van der Waals surface area contributed by atoms with Crippen LogP contribution in [0.15, 0.2) is 78.0 Å². The van der Waals surface area contributed by atoms with E-state index in [1.807, 2.05) is 50.1 Å². The Balaban J connectivity index is 1.60. The molecule has 0 fully saturated rings. The number of nitrogens with zero attached hydrogens (tertiary/aromatic N) is 7. The van der Waals surface area contributed by atoms with Crippen LogP contribution in [0.3, 0.4) is 0 Å². The molecule has 8 nitrogen and oxygen atoms in total. The van der Waals surface area contributed by atoms with Crippen LogP contribution in [-0.4, -0.2) is 42.3 Å². The molecule has 3 heterocycles. The summed E-state index contributed by atoms with van der Waals surface area (Å²) in [5.74, 6) is 0.796. The highest BCUT2D eigenvalue weighted by Gasteiger charge is 2.19. The minimum absolute atomic E-state index is 0.0471. The Morgan fingerprint density at radius 3 is 2.31 bits per heavy atom. The molecule has 180 valence electrons. The van der Waals surface area contributed by atoms with Crippen molar-refractivity contribution in [2.24, 2.45) is 21.1 Å². The Morgan fingerprint density at radius 2 is 1.56 bits per heavy atom. The zero-order valence-electron chi connectivity index (χ0n) is 21.0. The van der Waals surface area contributed by atoms with Crippen molar-refractivity contribution in [3.05, 3.63) is 83.7 Å². The van der Waals surface area contributed by atoms with E-state index in [2.05, 4.69) is 56.9 Å². The number of hydrogen-bond acceptors (Lipinski definition) is 4. The summed E-state index contributed by atoms with van der Waals surface area (Å²) < 4.78 is 7.46. The average molecular weight is 478 g/mol. The zero-order valence-corrected chi connectivity index (χ0v) is 21.0. The van der Waals surface area contributed by atoms with E-state index >= 15 is 0 Å². The van der Waals surface area contributed by atoms with Crippen LogP contribution < -0.4 is 10.6 Å². The van der Waals surface area contributed by atoms with Gasteiger partial charge in [0.2, 0.25) is 0 Å². The molecule has 6 aromatic rings. The topological polar surface area (TPSA) is 65.8 Å². The molecule has 3 aromatic carbocycles. The van der Waals surface area contributed by atoms with Crippen molar-refractivity contribution >= 4 is 27.8 Å². The Morgan fingerprint density at radius 1 is 0.806 bits per heavy atom. The fraction of sp³-hybridized carbons (Fsp3) is 0.179. The molecular formula is C28H27N7O. The second-order valence-corrected chi connectivity index (χ2v) is 9.38. The number of hydrogen-bond donors (Lipinski definition) is 0. The summed E-state index contributed by atoms with van der Waals surface area (Å²) >= 11 is 0. The summed E-state index contributed by atoms with van der Waals surface area (Å²) in [4.78, 5) is 24.0. The van der Waals surface area contributed by atoms with E-state index in [1.54, 1.807) is 29.6 Å². The molecule has 36 heavy (non-hydrogen) atoms. The highest BCUT2D eigenvalue weighted by atomic mass is 16.1. The number of aromatic nitrogens is 6. The minimum atomic E-state index is -0.0471. The van der Waals surface area contributed by atoms with Gasteiger partial charge in [-0.15, -0.1) is 0 Å². The molecule has 0 aliphatic rings. The van der Waals surface area contributed by atoms with Crippen molar-refractivity contribution in [1.82, 2.24) is 28.2 Å². The molecule has 0 aliphatic carbocycles. The van der Waals surface area contributed by atoms with Crippen molar-refractivity contribution in [1.29, 1.82) is 0 Å². The van der Waals surface area contributed by atoms with Gasteiger partial charge in [-0.25, -0.2) is 14.8 Å². The predicted octanol–water partition coefficient (Wildman–Crippen LogP) is 4.35. The first-order valence-electron chi connectivity index (χ1n) is 11.8. The lowest BCUT2D eigenvalue weighted by Crippen LogP contribution is -2.19. The Labute approximate surface area is 208 Å². The molecule has 0 N–H and O–H groups in total. The molecule has 0 aliphatic heterocycles. The van der Waals surface area contributed by atoms with Crippen LogP contribution in [0.5, 0.6) is 0 Å². The van der Waals surface area contributed by atoms with Gasteiger partial charge in [0, 0.05) is 46.6 Å². The van der Waals surface area contributed by atoms with E-state index in [1.165, 1.54) is 0 Å². The molecule has 6 rings (SSSR count). The third-order valence-corrected chi connectivity index (χ3v) is 6.91. The molecule has 0 radical (unpaired) electrons. The molecule has 3 aromatic heterocycles. The van der Waals surface area contributed by atoms with Gasteiger partial charge < -0.3 is 9.47 Å². The molecule has 0 bridgehead atoms. The zero-order chi connectivity index (χ0) is 25.1. The minimum Gasteiger partial charge on any atom is -0.378 e. The second-order valence-electron chi connectivity index (χ2n) is 9.38. The van der Waals surface area contributed by atoms with E-state index in [0.29, 0.717) is 0 Å². The van der Waals surface area contributed by atoms with Gasteiger partial charge >= 0.3 is 5.69 Å². The first kappa shape index (κ1) is 21.9. The number of rotatable bonds is 4. The fourth-order valence-corrected chi connectivity index (χ4v) is 4.86. The third-order valence-electron chi connectivity index (χ3n) is 6.91. The van der Waals surface area contributed by atoms with E-state index < -0.39 is 0 Å². The van der Waals surface area contributed by atoms with Crippen molar-refractivity contribution < 1.29 is 0 Å². The predicted molar refractivity (Wildman–Crippen MR) is 145 cm³/mol. The van der Waals surface area contributed by atoms with Gasteiger partial charge in [0.25, 0.3) is 0 Å². The van der Waals surface area contributed by atoms with Crippen LogP contribution in [-0.2, 0) is 21.1 Å². The quantitative estimate of drug-likeness (QED) is 0.379. The largest absolute Gasteiger partial charge is 0.378 e. The summed E-state index contributed by atoms with van der Waals surface area (Å²) in [6.45, 7) is 0. The maximum atomic E-state index is 12.5. The Bertz CT molecular complexity index is 1830. The number of anilines is 1. The van der Waals surface area contributed by atoms with E-state index in [4.69, 9.17) is 4.98 Å². The molecule has 0 atom stereocenters.